The summed E-state index contributed by atoms with van der Waals surface area (Å²) in [5, 5.41) is 21.4. The van der Waals surface area contributed by atoms with Crippen molar-refractivity contribution in [3.05, 3.63) is 46.6 Å². The standard InChI is InChI=1S/C19H20N6OS/c1-12(2)10-14-11-15(21-20-14)18-22-23-19-25(18)24-17(27-19)9-8-13-6-4-5-7-16(13)26-3/h4-9,11-12H,10H2,1-3H3,(H,20,21). The lowest BCUT2D eigenvalue weighted by Gasteiger charge is -2.02. The largest absolute Gasteiger partial charge is 0.496 e. The molecule has 0 saturated heterocycles. The highest BCUT2D eigenvalue weighted by Crippen LogP contribution is 2.24. The number of benzene rings is 1. The number of nitrogens with one attached hydrogen (secondary N) is 1. The molecule has 0 atom stereocenters. The number of aromatic nitrogens is 6. The second-order valence-corrected chi connectivity index (χ2v) is 7.60. The van der Waals surface area contributed by atoms with Crippen molar-refractivity contribution in [2.75, 3.05) is 7.11 Å². The van der Waals surface area contributed by atoms with E-state index in [9.17, 15) is 0 Å². The topological polar surface area (TPSA) is 81.0 Å². The normalized spacial score (nSPS) is 11.9. The van der Waals surface area contributed by atoms with Crippen LogP contribution in [-0.2, 0) is 6.42 Å². The van der Waals surface area contributed by atoms with Crippen molar-refractivity contribution in [3.63, 3.8) is 0 Å². The van der Waals surface area contributed by atoms with Gasteiger partial charge in [0.05, 0.1) is 7.11 Å². The van der Waals surface area contributed by atoms with E-state index in [2.05, 4.69) is 39.3 Å². The van der Waals surface area contributed by atoms with Crippen molar-refractivity contribution >= 4 is 28.4 Å². The average Bonchev–Trinajstić information content (AvgIpc) is 3.35. The lowest BCUT2D eigenvalue weighted by molar-refractivity contribution is 0.414. The Morgan fingerprint density at radius 1 is 1.22 bits per heavy atom. The Morgan fingerprint density at radius 3 is 2.89 bits per heavy atom. The molecule has 7 nitrogen and oxygen atoms in total. The first-order chi connectivity index (χ1) is 13.1. The van der Waals surface area contributed by atoms with Crippen molar-refractivity contribution < 1.29 is 4.74 Å². The number of aromatic amines is 1. The molecule has 0 fully saturated rings. The van der Waals surface area contributed by atoms with Gasteiger partial charge in [-0.05, 0) is 36.6 Å². The molecule has 0 aliphatic heterocycles. The van der Waals surface area contributed by atoms with Gasteiger partial charge in [-0.2, -0.15) is 14.7 Å². The Morgan fingerprint density at radius 2 is 2.07 bits per heavy atom. The number of fused-ring (bicyclic) bond motifs is 1. The van der Waals surface area contributed by atoms with Gasteiger partial charge >= 0.3 is 0 Å². The second kappa shape index (κ2) is 7.32. The van der Waals surface area contributed by atoms with Gasteiger partial charge in [0.15, 0.2) is 0 Å². The van der Waals surface area contributed by atoms with Crippen molar-refractivity contribution in [1.29, 1.82) is 0 Å². The van der Waals surface area contributed by atoms with Gasteiger partial charge in [-0.25, -0.2) is 0 Å². The molecule has 0 radical (unpaired) electrons. The van der Waals surface area contributed by atoms with Gasteiger partial charge in [0, 0.05) is 11.3 Å². The van der Waals surface area contributed by atoms with Gasteiger partial charge in [0.25, 0.3) is 0 Å². The van der Waals surface area contributed by atoms with Crippen LogP contribution in [0, 0.1) is 5.92 Å². The molecule has 0 spiro atoms. The Balaban J connectivity index is 1.62. The molecule has 1 N–H and O–H groups in total. The zero-order valence-electron chi connectivity index (χ0n) is 15.4. The fourth-order valence-electron chi connectivity index (χ4n) is 2.84. The molecule has 138 valence electrons. The van der Waals surface area contributed by atoms with Gasteiger partial charge in [-0.15, -0.1) is 10.2 Å². The molecule has 0 unspecified atom stereocenters. The predicted molar refractivity (Wildman–Crippen MR) is 107 cm³/mol. The highest BCUT2D eigenvalue weighted by atomic mass is 32.1. The lowest BCUT2D eigenvalue weighted by Crippen LogP contribution is -1.93. The summed E-state index contributed by atoms with van der Waals surface area (Å²) in [6.07, 6.45) is 4.88. The van der Waals surface area contributed by atoms with E-state index in [4.69, 9.17) is 4.74 Å². The Kier molecular flexibility index (Phi) is 4.72. The SMILES string of the molecule is COc1ccccc1C=Cc1nn2c(-c3cc(CC(C)C)[nH]n3)nnc2s1. The van der Waals surface area contributed by atoms with Crippen molar-refractivity contribution in [2.24, 2.45) is 5.92 Å². The summed E-state index contributed by atoms with van der Waals surface area (Å²) >= 11 is 1.48. The van der Waals surface area contributed by atoms with Crippen molar-refractivity contribution in [2.45, 2.75) is 20.3 Å². The first-order valence-corrected chi connectivity index (χ1v) is 9.53. The number of hydrogen-bond acceptors (Lipinski definition) is 6. The molecule has 4 aromatic rings. The Labute approximate surface area is 160 Å². The number of hydrogen-bond donors (Lipinski definition) is 1. The zero-order valence-corrected chi connectivity index (χ0v) is 16.2. The summed E-state index contributed by atoms with van der Waals surface area (Å²) in [4.78, 5) is 0.734. The number of rotatable bonds is 6. The summed E-state index contributed by atoms with van der Waals surface area (Å²) in [6.45, 7) is 4.35. The summed E-state index contributed by atoms with van der Waals surface area (Å²) in [6, 6.07) is 9.87. The van der Waals surface area contributed by atoms with Gasteiger partial charge in [0.1, 0.15) is 16.5 Å². The molecular weight excluding hydrogens is 360 g/mol. The van der Waals surface area contributed by atoms with Gasteiger partial charge < -0.3 is 4.74 Å². The first-order valence-electron chi connectivity index (χ1n) is 8.72. The van der Waals surface area contributed by atoms with E-state index in [1.807, 2.05) is 42.5 Å². The van der Waals surface area contributed by atoms with E-state index >= 15 is 0 Å². The fraction of sp³-hybridized carbons (Fsp3) is 0.263. The van der Waals surface area contributed by atoms with Gasteiger partial charge in [0.2, 0.25) is 10.8 Å². The Hall–Kier alpha value is -3.00. The van der Waals surface area contributed by atoms with Crippen LogP contribution in [0.4, 0.5) is 0 Å². The molecule has 1 aromatic carbocycles. The molecule has 0 amide bonds. The fourth-order valence-corrected chi connectivity index (χ4v) is 3.59. The Bertz CT molecular complexity index is 1090. The number of para-hydroxylation sites is 1. The van der Waals surface area contributed by atoms with Crippen LogP contribution in [0.5, 0.6) is 5.75 Å². The number of H-pyrrole nitrogens is 1. The van der Waals surface area contributed by atoms with Crippen molar-refractivity contribution in [1.82, 2.24) is 30.0 Å². The van der Waals surface area contributed by atoms with Crippen LogP contribution in [0.25, 0.3) is 28.6 Å². The molecule has 4 rings (SSSR count). The van der Waals surface area contributed by atoms with Crippen LogP contribution in [0.15, 0.2) is 30.3 Å². The smallest absolute Gasteiger partial charge is 0.235 e. The van der Waals surface area contributed by atoms with Crippen LogP contribution in [0.2, 0.25) is 0 Å². The molecule has 0 aliphatic carbocycles. The van der Waals surface area contributed by atoms with E-state index in [0.29, 0.717) is 11.7 Å². The molecular formula is C19H20N6OS. The third kappa shape index (κ3) is 3.61. The highest BCUT2D eigenvalue weighted by Gasteiger charge is 2.15. The van der Waals surface area contributed by atoms with Crippen molar-refractivity contribution in [3.8, 4) is 17.3 Å². The summed E-state index contributed by atoms with van der Waals surface area (Å²) in [5.41, 5.74) is 2.84. The molecule has 3 aromatic heterocycles. The minimum absolute atomic E-state index is 0.558. The third-order valence-electron chi connectivity index (χ3n) is 4.04. The van der Waals surface area contributed by atoms with Crippen LogP contribution in [0.1, 0.15) is 30.1 Å². The van der Waals surface area contributed by atoms with E-state index in [0.717, 1.165) is 39.1 Å². The first kappa shape index (κ1) is 17.4. The maximum atomic E-state index is 5.38. The predicted octanol–water partition coefficient (Wildman–Crippen LogP) is 3.95. The van der Waals surface area contributed by atoms with Crippen LogP contribution < -0.4 is 4.74 Å². The number of methoxy groups -OCH3 is 1. The zero-order chi connectivity index (χ0) is 18.8. The van der Waals surface area contributed by atoms with Crippen LogP contribution in [-0.4, -0.2) is 37.1 Å². The van der Waals surface area contributed by atoms with Crippen LogP contribution in [0.3, 0.4) is 0 Å². The summed E-state index contributed by atoms with van der Waals surface area (Å²) in [7, 11) is 1.67. The van der Waals surface area contributed by atoms with E-state index in [1.165, 1.54) is 11.3 Å². The summed E-state index contributed by atoms with van der Waals surface area (Å²) in [5.74, 6) is 2.03. The van der Waals surface area contributed by atoms with Crippen LogP contribution >= 0.6 is 11.3 Å². The van der Waals surface area contributed by atoms with Gasteiger partial charge in [-0.1, -0.05) is 43.4 Å². The highest BCUT2D eigenvalue weighted by molar-refractivity contribution is 7.17. The number of nitrogens with zero attached hydrogens (tertiary/aromatic N) is 5. The molecule has 0 aliphatic rings. The average molecular weight is 380 g/mol. The molecule has 3 heterocycles. The minimum atomic E-state index is 0.558. The lowest BCUT2D eigenvalue weighted by atomic mass is 10.1. The summed E-state index contributed by atoms with van der Waals surface area (Å²) < 4.78 is 7.11. The molecule has 8 heteroatoms. The molecule has 27 heavy (non-hydrogen) atoms. The maximum Gasteiger partial charge on any atom is 0.235 e. The quantitative estimate of drug-likeness (QED) is 0.548. The van der Waals surface area contributed by atoms with E-state index < -0.39 is 0 Å². The van der Waals surface area contributed by atoms with E-state index in [1.54, 1.807) is 11.6 Å². The number of ether oxygens (including phenoxy) is 1. The molecule has 0 bridgehead atoms. The second-order valence-electron chi connectivity index (χ2n) is 6.61. The molecule has 0 saturated carbocycles. The minimum Gasteiger partial charge on any atom is -0.496 e. The third-order valence-corrected chi connectivity index (χ3v) is 4.90. The van der Waals surface area contributed by atoms with E-state index in [-0.39, 0.29) is 0 Å². The maximum absolute atomic E-state index is 5.38. The van der Waals surface area contributed by atoms with Gasteiger partial charge in [-0.3, -0.25) is 5.10 Å². The monoisotopic (exact) mass is 380 g/mol.